The summed E-state index contributed by atoms with van der Waals surface area (Å²) in [5, 5.41) is 0. The number of nitrogens with zero attached hydrogens (tertiary/aromatic N) is 1. The zero-order valence-electron chi connectivity index (χ0n) is 9.59. The van der Waals surface area contributed by atoms with E-state index in [1.165, 1.54) is 0 Å². The highest BCUT2D eigenvalue weighted by Gasteiger charge is 2.03. The van der Waals surface area contributed by atoms with Crippen molar-refractivity contribution in [3.8, 4) is 0 Å². The van der Waals surface area contributed by atoms with Crippen molar-refractivity contribution in [2.24, 2.45) is 5.73 Å². The number of Topliss-reactive ketones (excluding diaryl/α,β-unsaturated/α-hetero) is 1. The van der Waals surface area contributed by atoms with E-state index < -0.39 is 0 Å². The molecule has 0 heterocycles. The summed E-state index contributed by atoms with van der Waals surface area (Å²) < 4.78 is 0. The fourth-order valence-electron chi connectivity index (χ4n) is 1.51. The molecule has 0 aromatic carbocycles. The Morgan fingerprint density at radius 2 is 1.93 bits per heavy atom. The monoisotopic (exact) mass is 200 g/mol. The maximum atomic E-state index is 11.1. The lowest BCUT2D eigenvalue weighted by Gasteiger charge is -2.20. The average Bonchev–Trinajstić information content (AvgIpc) is 2.18. The molecular formula is C11H24N2O. The molecule has 14 heavy (non-hydrogen) atoms. The molecule has 0 aliphatic rings. The van der Waals surface area contributed by atoms with Crippen molar-refractivity contribution >= 4 is 5.78 Å². The van der Waals surface area contributed by atoms with E-state index in [9.17, 15) is 4.79 Å². The molecule has 2 N–H and O–H groups in total. The fraction of sp³-hybridized carbons (Fsp3) is 0.909. The van der Waals surface area contributed by atoms with Crippen molar-refractivity contribution in [2.75, 3.05) is 26.2 Å². The van der Waals surface area contributed by atoms with E-state index in [0.29, 0.717) is 18.7 Å². The number of ketones is 1. The zero-order valence-corrected chi connectivity index (χ0v) is 9.59. The maximum absolute atomic E-state index is 11.1. The zero-order chi connectivity index (χ0) is 10.8. The van der Waals surface area contributed by atoms with Crippen LogP contribution in [0.15, 0.2) is 0 Å². The van der Waals surface area contributed by atoms with E-state index in [4.69, 9.17) is 5.73 Å². The van der Waals surface area contributed by atoms with Crippen molar-refractivity contribution in [1.82, 2.24) is 4.90 Å². The molecule has 0 radical (unpaired) electrons. The van der Waals surface area contributed by atoms with Crippen LogP contribution >= 0.6 is 0 Å². The van der Waals surface area contributed by atoms with Crippen LogP contribution in [0.25, 0.3) is 0 Å². The summed E-state index contributed by atoms with van der Waals surface area (Å²) in [7, 11) is 0. The maximum Gasteiger partial charge on any atom is 0.132 e. The van der Waals surface area contributed by atoms with Gasteiger partial charge in [0.1, 0.15) is 5.78 Å². The summed E-state index contributed by atoms with van der Waals surface area (Å²) in [4.78, 5) is 13.4. The highest BCUT2D eigenvalue weighted by molar-refractivity contribution is 5.77. The van der Waals surface area contributed by atoms with Crippen LogP contribution in [0.5, 0.6) is 0 Å². The van der Waals surface area contributed by atoms with Crippen molar-refractivity contribution < 1.29 is 4.79 Å². The van der Waals surface area contributed by atoms with Gasteiger partial charge in [0.05, 0.1) is 0 Å². The molecule has 3 heteroatoms. The van der Waals surface area contributed by atoms with Crippen LogP contribution < -0.4 is 5.73 Å². The molecule has 0 fully saturated rings. The Hall–Kier alpha value is -0.410. The first-order valence-electron chi connectivity index (χ1n) is 5.68. The molecule has 0 aromatic rings. The summed E-state index contributed by atoms with van der Waals surface area (Å²) >= 11 is 0. The number of hydrogen-bond acceptors (Lipinski definition) is 3. The van der Waals surface area contributed by atoms with Crippen LogP contribution in [-0.4, -0.2) is 36.9 Å². The SMILES string of the molecule is CCCN(CCN)CCCC(=O)CC. The standard InChI is InChI=1S/C11H24N2O/c1-3-8-13(10-7-12)9-5-6-11(14)4-2/h3-10,12H2,1-2H3. The quantitative estimate of drug-likeness (QED) is 0.612. The third kappa shape index (κ3) is 7.04. The second-order valence-electron chi connectivity index (χ2n) is 3.63. The Bertz CT molecular complexity index is 142. The lowest BCUT2D eigenvalue weighted by molar-refractivity contribution is -0.118. The predicted molar refractivity (Wildman–Crippen MR) is 60.3 cm³/mol. The molecule has 0 rings (SSSR count). The number of carbonyl (C=O) groups is 1. The molecule has 3 nitrogen and oxygen atoms in total. The summed E-state index contributed by atoms with van der Waals surface area (Å²) in [5.41, 5.74) is 5.51. The second kappa shape index (κ2) is 9.16. The van der Waals surface area contributed by atoms with Crippen molar-refractivity contribution in [2.45, 2.75) is 39.5 Å². The Labute approximate surface area is 87.6 Å². The van der Waals surface area contributed by atoms with Crippen molar-refractivity contribution in [3.05, 3.63) is 0 Å². The number of carbonyl (C=O) groups excluding carboxylic acids is 1. The third-order valence-corrected chi connectivity index (χ3v) is 2.31. The van der Waals surface area contributed by atoms with Gasteiger partial charge < -0.3 is 10.6 Å². The van der Waals surface area contributed by atoms with Gasteiger partial charge in [0.2, 0.25) is 0 Å². The molecule has 0 atom stereocenters. The molecule has 0 aromatic heterocycles. The topological polar surface area (TPSA) is 46.3 Å². The van der Waals surface area contributed by atoms with E-state index in [0.717, 1.165) is 38.9 Å². The van der Waals surface area contributed by atoms with Crippen molar-refractivity contribution in [1.29, 1.82) is 0 Å². The fourth-order valence-corrected chi connectivity index (χ4v) is 1.51. The summed E-state index contributed by atoms with van der Waals surface area (Å²) in [6, 6.07) is 0. The molecule has 0 saturated carbocycles. The lowest BCUT2D eigenvalue weighted by Crippen LogP contribution is -2.31. The molecule has 0 aliphatic heterocycles. The van der Waals surface area contributed by atoms with Gasteiger partial charge in [0.25, 0.3) is 0 Å². The minimum atomic E-state index is 0.370. The number of hydrogen-bond donors (Lipinski definition) is 1. The minimum absolute atomic E-state index is 0.370. The lowest BCUT2D eigenvalue weighted by atomic mass is 10.2. The largest absolute Gasteiger partial charge is 0.329 e. The molecule has 0 amide bonds. The Kier molecular flexibility index (Phi) is 8.89. The van der Waals surface area contributed by atoms with Gasteiger partial charge >= 0.3 is 0 Å². The van der Waals surface area contributed by atoms with Gasteiger partial charge in [0.15, 0.2) is 0 Å². The number of nitrogens with two attached hydrogens (primary N) is 1. The van der Waals surface area contributed by atoms with E-state index in [2.05, 4.69) is 11.8 Å². The van der Waals surface area contributed by atoms with E-state index in [1.807, 2.05) is 6.92 Å². The van der Waals surface area contributed by atoms with Gasteiger partial charge in [0, 0.05) is 25.9 Å². The third-order valence-electron chi connectivity index (χ3n) is 2.31. The first-order valence-corrected chi connectivity index (χ1v) is 5.68. The van der Waals surface area contributed by atoms with E-state index >= 15 is 0 Å². The van der Waals surface area contributed by atoms with Gasteiger partial charge in [-0.1, -0.05) is 13.8 Å². The smallest absolute Gasteiger partial charge is 0.132 e. The normalized spacial score (nSPS) is 10.9. The second-order valence-corrected chi connectivity index (χ2v) is 3.63. The molecule has 0 aliphatic carbocycles. The Morgan fingerprint density at radius 1 is 1.21 bits per heavy atom. The van der Waals surface area contributed by atoms with Crippen molar-refractivity contribution in [3.63, 3.8) is 0 Å². The van der Waals surface area contributed by atoms with Gasteiger partial charge in [-0.2, -0.15) is 0 Å². The Morgan fingerprint density at radius 3 is 2.43 bits per heavy atom. The number of rotatable bonds is 9. The molecule has 0 bridgehead atoms. The van der Waals surface area contributed by atoms with E-state index in [-0.39, 0.29) is 0 Å². The van der Waals surface area contributed by atoms with Gasteiger partial charge in [-0.15, -0.1) is 0 Å². The van der Waals surface area contributed by atoms with Crippen LogP contribution in [-0.2, 0) is 4.79 Å². The molecule has 0 spiro atoms. The van der Waals surface area contributed by atoms with Gasteiger partial charge in [-0.05, 0) is 25.9 Å². The van der Waals surface area contributed by atoms with Crippen LogP contribution in [0.1, 0.15) is 39.5 Å². The van der Waals surface area contributed by atoms with Gasteiger partial charge in [-0.25, -0.2) is 0 Å². The summed E-state index contributed by atoms with van der Waals surface area (Å²) in [5.74, 6) is 0.370. The van der Waals surface area contributed by atoms with Gasteiger partial charge in [-0.3, -0.25) is 4.79 Å². The predicted octanol–water partition coefficient (Wildman–Crippen LogP) is 1.42. The summed E-state index contributed by atoms with van der Waals surface area (Å²) in [6.45, 7) is 7.86. The van der Waals surface area contributed by atoms with Crippen LogP contribution in [0, 0.1) is 0 Å². The minimum Gasteiger partial charge on any atom is -0.329 e. The molecular weight excluding hydrogens is 176 g/mol. The Balaban J connectivity index is 3.54. The first-order chi connectivity index (χ1) is 6.74. The average molecular weight is 200 g/mol. The summed E-state index contributed by atoms with van der Waals surface area (Å²) in [6.07, 6.45) is 3.53. The highest BCUT2D eigenvalue weighted by atomic mass is 16.1. The highest BCUT2D eigenvalue weighted by Crippen LogP contribution is 1.99. The molecule has 84 valence electrons. The van der Waals surface area contributed by atoms with Crippen LogP contribution in [0.3, 0.4) is 0 Å². The van der Waals surface area contributed by atoms with Crippen LogP contribution in [0.2, 0.25) is 0 Å². The molecule has 0 unspecified atom stereocenters. The van der Waals surface area contributed by atoms with E-state index in [1.54, 1.807) is 0 Å². The molecule has 0 saturated heterocycles. The van der Waals surface area contributed by atoms with Crippen LogP contribution in [0.4, 0.5) is 0 Å². The first kappa shape index (κ1) is 13.6.